The Morgan fingerprint density at radius 2 is 1.46 bits per heavy atom. The van der Waals surface area contributed by atoms with Gasteiger partial charge >= 0.3 is 6.18 Å². The lowest BCUT2D eigenvalue weighted by molar-refractivity contribution is -0.145. The molecule has 0 N–H and O–H groups in total. The van der Waals surface area contributed by atoms with Crippen molar-refractivity contribution in [3.8, 4) is 0 Å². The van der Waals surface area contributed by atoms with E-state index in [0.717, 1.165) is 29.8 Å². The minimum absolute atomic E-state index is 0.119. The molecule has 3 aromatic carbocycles. The molecule has 1 aliphatic heterocycles. The summed E-state index contributed by atoms with van der Waals surface area (Å²) in [4.78, 5) is 38.2. The molecule has 1 aliphatic rings. The second-order valence-electron chi connectivity index (χ2n) is 11.2. The highest BCUT2D eigenvalue weighted by Gasteiger charge is 2.34. The first-order valence-corrected chi connectivity index (χ1v) is 15.8. The summed E-state index contributed by atoms with van der Waals surface area (Å²) >= 11 is 3.34. The molecular weight excluding hydrogens is 657 g/mol. The fourth-order valence-corrected chi connectivity index (χ4v) is 5.67. The minimum atomic E-state index is -4.45. The van der Waals surface area contributed by atoms with Crippen LogP contribution in [0.25, 0.3) is 6.08 Å². The molecule has 0 radical (unpaired) electrons. The van der Waals surface area contributed by atoms with Crippen LogP contribution in [0, 0.1) is 0 Å². The van der Waals surface area contributed by atoms with Gasteiger partial charge in [0.2, 0.25) is 11.8 Å². The standard InChI is InChI=1S/C36H34BrF3N4O2/c37-33-17-13-30(24-41-33)26-44(34(45)18-14-27-11-15-31(16-12-27)36(38,39)40)32(23-28-7-3-1-4-8-28)35(46)43-21-19-42(20-22-43)25-29-9-5-2-6-10-29/h1-18,24,32H,19-23,25-26H2. The topological polar surface area (TPSA) is 56.8 Å². The highest BCUT2D eigenvalue weighted by molar-refractivity contribution is 9.10. The largest absolute Gasteiger partial charge is 0.416 e. The van der Waals surface area contributed by atoms with Crippen molar-refractivity contribution < 1.29 is 22.8 Å². The zero-order valence-electron chi connectivity index (χ0n) is 25.1. The molecule has 1 unspecified atom stereocenters. The van der Waals surface area contributed by atoms with E-state index in [-0.39, 0.29) is 12.5 Å². The average Bonchev–Trinajstić information content (AvgIpc) is 3.07. The van der Waals surface area contributed by atoms with E-state index in [1.54, 1.807) is 12.3 Å². The van der Waals surface area contributed by atoms with Gasteiger partial charge in [-0.2, -0.15) is 13.2 Å². The summed E-state index contributed by atoms with van der Waals surface area (Å²) in [5.74, 6) is -0.579. The predicted octanol–water partition coefficient (Wildman–Crippen LogP) is 6.86. The summed E-state index contributed by atoms with van der Waals surface area (Å²) in [7, 11) is 0. The molecule has 46 heavy (non-hydrogen) atoms. The third-order valence-electron chi connectivity index (χ3n) is 7.95. The van der Waals surface area contributed by atoms with Crippen LogP contribution in [0.3, 0.4) is 0 Å². The van der Waals surface area contributed by atoms with E-state index in [2.05, 4.69) is 37.9 Å². The molecule has 1 aromatic heterocycles. The lowest BCUT2D eigenvalue weighted by atomic mass is 10.0. The van der Waals surface area contributed by atoms with Crippen LogP contribution in [0.5, 0.6) is 0 Å². The third-order valence-corrected chi connectivity index (χ3v) is 8.42. The Morgan fingerprint density at radius 1 is 0.826 bits per heavy atom. The fourth-order valence-electron chi connectivity index (χ4n) is 5.43. The van der Waals surface area contributed by atoms with E-state index in [1.807, 2.05) is 59.5 Å². The number of piperazine rings is 1. The van der Waals surface area contributed by atoms with Gasteiger partial charge in [-0.05, 0) is 62.5 Å². The van der Waals surface area contributed by atoms with Gasteiger partial charge < -0.3 is 9.80 Å². The van der Waals surface area contributed by atoms with Crippen molar-refractivity contribution in [2.24, 2.45) is 0 Å². The van der Waals surface area contributed by atoms with Crippen LogP contribution >= 0.6 is 15.9 Å². The molecule has 238 valence electrons. The maximum Gasteiger partial charge on any atom is 0.416 e. The zero-order chi connectivity index (χ0) is 32.5. The number of rotatable bonds is 10. The SMILES string of the molecule is O=C(C(Cc1ccccc1)N(Cc1ccc(Br)nc1)C(=O)C=Cc1ccc(C(F)(F)F)cc1)N1CCN(Cc2ccccc2)CC1. The van der Waals surface area contributed by atoms with E-state index in [4.69, 9.17) is 0 Å². The van der Waals surface area contributed by atoms with E-state index >= 15 is 0 Å². The molecule has 2 heterocycles. The van der Waals surface area contributed by atoms with Crippen molar-refractivity contribution in [3.63, 3.8) is 0 Å². The van der Waals surface area contributed by atoms with E-state index in [0.29, 0.717) is 42.8 Å². The Balaban J connectivity index is 1.40. The van der Waals surface area contributed by atoms with Gasteiger partial charge in [-0.1, -0.05) is 78.9 Å². The fraction of sp³-hybridized carbons (Fsp3) is 0.250. The molecule has 5 rings (SSSR count). The number of benzene rings is 3. The van der Waals surface area contributed by atoms with Gasteiger partial charge in [0, 0.05) is 58.0 Å². The van der Waals surface area contributed by atoms with Crippen molar-refractivity contribution in [3.05, 3.63) is 142 Å². The molecule has 6 nitrogen and oxygen atoms in total. The van der Waals surface area contributed by atoms with Crippen LogP contribution in [0.2, 0.25) is 0 Å². The van der Waals surface area contributed by atoms with Crippen LogP contribution in [-0.2, 0) is 35.3 Å². The van der Waals surface area contributed by atoms with Gasteiger partial charge in [0.05, 0.1) is 5.56 Å². The second kappa shape index (κ2) is 15.3. The Morgan fingerprint density at radius 3 is 2.04 bits per heavy atom. The zero-order valence-corrected chi connectivity index (χ0v) is 26.7. The second-order valence-corrected chi connectivity index (χ2v) is 12.0. The highest BCUT2D eigenvalue weighted by Crippen LogP contribution is 2.29. The van der Waals surface area contributed by atoms with Crippen LogP contribution in [-0.4, -0.2) is 63.7 Å². The van der Waals surface area contributed by atoms with Gasteiger partial charge in [-0.25, -0.2) is 4.98 Å². The van der Waals surface area contributed by atoms with Crippen LogP contribution in [0.15, 0.2) is 114 Å². The van der Waals surface area contributed by atoms with Crippen molar-refractivity contribution in [2.45, 2.75) is 31.7 Å². The van der Waals surface area contributed by atoms with Crippen LogP contribution in [0.4, 0.5) is 13.2 Å². The van der Waals surface area contributed by atoms with E-state index < -0.39 is 23.7 Å². The molecule has 1 atom stereocenters. The Kier molecular flexibility index (Phi) is 11.0. The number of hydrogen-bond acceptors (Lipinski definition) is 4. The van der Waals surface area contributed by atoms with Crippen LogP contribution < -0.4 is 0 Å². The number of alkyl halides is 3. The molecule has 0 aliphatic carbocycles. The molecular formula is C36H34BrF3N4O2. The Hall–Kier alpha value is -4.28. The van der Waals surface area contributed by atoms with Crippen molar-refractivity contribution in [1.29, 1.82) is 0 Å². The summed E-state index contributed by atoms with van der Waals surface area (Å²) in [5, 5.41) is 0. The number of halogens is 4. The number of aromatic nitrogens is 1. The third kappa shape index (κ3) is 9.14. The first-order valence-electron chi connectivity index (χ1n) is 15.0. The summed E-state index contributed by atoms with van der Waals surface area (Å²) in [5.41, 5.74) is 2.52. The van der Waals surface area contributed by atoms with Gasteiger partial charge in [0.25, 0.3) is 0 Å². The normalized spacial score (nSPS) is 14.7. The molecule has 1 saturated heterocycles. The summed E-state index contributed by atoms with van der Waals surface area (Å²) < 4.78 is 39.8. The number of amides is 2. The van der Waals surface area contributed by atoms with Crippen molar-refractivity contribution >= 4 is 33.8 Å². The average molecular weight is 692 g/mol. The van der Waals surface area contributed by atoms with Crippen molar-refractivity contribution in [2.75, 3.05) is 26.2 Å². The number of carbonyl (C=O) groups is 2. The van der Waals surface area contributed by atoms with Gasteiger partial charge in [0.1, 0.15) is 10.6 Å². The first-order chi connectivity index (χ1) is 22.2. The molecule has 0 spiro atoms. The lowest BCUT2D eigenvalue weighted by Crippen LogP contribution is -2.56. The molecule has 2 amide bonds. The van der Waals surface area contributed by atoms with Crippen molar-refractivity contribution in [1.82, 2.24) is 19.7 Å². The Bertz CT molecular complexity index is 1610. The monoisotopic (exact) mass is 690 g/mol. The minimum Gasteiger partial charge on any atom is -0.338 e. The van der Waals surface area contributed by atoms with Crippen LogP contribution in [0.1, 0.15) is 27.8 Å². The molecule has 4 aromatic rings. The van der Waals surface area contributed by atoms with Gasteiger partial charge in [-0.15, -0.1) is 0 Å². The number of pyridine rings is 1. The Labute approximate surface area is 275 Å². The number of nitrogens with zero attached hydrogens (tertiary/aromatic N) is 4. The first kappa shape index (κ1) is 33.1. The molecule has 10 heteroatoms. The predicted molar refractivity (Wildman–Crippen MR) is 175 cm³/mol. The molecule has 0 saturated carbocycles. The summed E-state index contributed by atoms with van der Waals surface area (Å²) in [6.07, 6.45) is 0.287. The van der Waals surface area contributed by atoms with Gasteiger partial charge in [-0.3, -0.25) is 14.5 Å². The summed E-state index contributed by atoms with van der Waals surface area (Å²) in [6.45, 7) is 3.38. The maximum atomic E-state index is 14.3. The van der Waals surface area contributed by atoms with E-state index in [1.165, 1.54) is 34.7 Å². The maximum absolute atomic E-state index is 14.3. The highest BCUT2D eigenvalue weighted by atomic mass is 79.9. The lowest BCUT2D eigenvalue weighted by Gasteiger charge is -2.39. The molecule has 1 fully saturated rings. The smallest absolute Gasteiger partial charge is 0.338 e. The summed E-state index contributed by atoms with van der Waals surface area (Å²) in [6, 6.07) is 27.1. The number of hydrogen-bond donors (Lipinski definition) is 0. The van der Waals surface area contributed by atoms with E-state index in [9.17, 15) is 22.8 Å². The number of carbonyl (C=O) groups excluding carboxylic acids is 2. The van der Waals surface area contributed by atoms with Gasteiger partial charge in [0.15, 0.2) is 0 Å². The molecule has 0 bridgehead atoms. The quantitative estimate of drug-likeness (QED) is 0.135.